The van der Waals surface area contributed by atoms with Gasteiger partial charge >= 0.3 is 0 Å². The third-order valence-electron chi connectivity index (χ3n) is 9.48. The molecule has 1 aliphatic carbocycles. The molecule has 232 valence electrons. The number of hydrogen-bond donors (Lipinski definition) is 2. The average Bonchev–Trinajstić information content (AvgIpc) is 3.78. The van der Waals surface area contributed by atoms with Gasteiger partial charge in [0.15, 0.2) is 10.9 Å². The van der Waals surface area contributed by atoms with E-state index in [0.29, 0.717) is 24.9 Å². The van der Waals surface area contributed by atoms with Crippen molar-refractivity contribution in [3.63, 3.8) is 0 Å². The highest BCUT2D eigenvalue weighted by Gasteiger charge is 2.55. The maximum atomic E-state index is 14.1. The molecule has 1 aromatic carbocycles. The molecule has 3 saturated heterocycles. The van der Waals surface area contributed by atoms with Crippen molar-refractivity contribution < 1.29 is 23.9 Å². The molecule has 0 radical (unpaired) electrons. The number of nitrogens with one attached hydrogen (secondary N) is 2. The van der Waals surface area contributed by atoms with Crippen LogP contribution in [0, 0.1) is 0 Å². The van der Waals surface area contributed by atoms with Crippen LogP contribution in [-0.2, 0) is 19.1 Å². The Labute approximate surface area is 256 Å². The van der Waals surface area contributed by atoms with Gasteiger partial charge in [0.05, 0.1) is 18.3 Å². The van der Waals surface area contributed by atoms with Crippen LogP contribution in [0.1, 0.15) is 42.5 Å². The van der Waals surface area contributed by atoms with Crippen molar-refractivity contribution in [1.82, 2.24) is 25.4 Å². The fourth-order valence-electron chi connectivity index (χ4n) is 6.95. The molecular formula is C31H42N6O5S. The van der Waals surface area contributed by atoms with E-state index >= 15 is 0 Å². The number of hydrogen-bond acceptors (Lipinski definition) is 10. The highest BCUT2D eigenvalue weighted by molar-refractivity contribution is 7.14. The zero-order chi connectivity index (χ0) is 30.0. The van der Waals surface area contributed by atoms with E-state index in [2.05, 4.69) is 25.8 Å². The molecule has 2 N–H and O–H groups in total. The summed E-state index contributed by atoms with van der Waals surface area (Å²) in [6.45, 7) is 5.97. The standard InChI is InChI=1S/C31H42N6O5S/c1-32-23-18-37(26-25(38)19-42-27(23)26)29(40)31(10-4-3-5-11-31)34-28(39)22-8-6-21(7-9-22)24-20-43-30(33-24)36-14-12-35(13-15-36)16-17-41-2/h6-9,20,23,26-27,32H,3-5,10-19H2,1-2H3,(H,34,39)/t23-,26+,27-/m0/s1. The van der Waals surface area contributed by atoms with Gasteiger partial charge in [-0.05, 0) is 32.0 Å². The average molecular weight is 611 g/mol. The van der Waals surface area contributed by atoms with Crippen LogP contribution in [0.2, 0.25) is 0 Å². The molecule has 0 spiro atoms. The number of ketones is 1. The van der Waals surface area contributed by atoms with Crippen LogP contribution >= 0.6 is 11.3 Å². The number of ether oxygens (including phenoxy) is 2. The van der Waals surface area contributed by atoms with Crippen molar-refractivity contribution in [2.75, 3.05) is 71.5 Å². The Morgan fingerprint density at radius 1 is 1.12 bits per heavy atom. The van der Waals surface area contributed by atoms with E-state index in [1.54, 1.807) is 35.5 Å². The van der Waals surface area contributed by atoms with E-state index in [1.165, 1.54) is 0 Å². The summed E-state index contributed by atoms with van der Waals surface area (Å²) in [4.78, 5) is 51.7. The first-order valence-corrected chi connectivity index (χ1v) is 16.3. The normalized spacial score (nSPS) is 25.6. The largest absolute Gasteiger partial charge is 0.383 e. The molecule has 2 aromatic rings. The fraction of sp³-hybridized carbons (Fsp3) is 0.613. The Hall–Kier alpha value is -2.90. The molecule has 3 atom stereocenters. The van der Waals surface area contributed by atoms with Crippen LogP contribution in [0.5, 0.6) is 0 Å². The van der Waals surface area contributed by atoms with Crippen molar-refractivity contribution >= 4 is 34.1 Å². The summed E-state index contributed by atoms with van der Waals surface area (Å²) in [6.07, 6.45) is 3.49. The third kappa shape index (κ3) is 6.08. The highest BCUT2D eigenvalue weighted by Crippen LogP contribution is 2.36. The third-order valence-corrected chi connectivity index (χ3v) is 10.4. The van der Waals surface area contributed by atoms with E-state index in [9.17, 15) is 14.4 Å². The number of anilines is 1. The Kier molecular flexibility index (Phi) is 9.11. The maximum Gasteiger partial charge on any atom is 0.252 e. The van der Waals surface area contributed by atoms with Gasteiger partial charge < -0.3 is 29.9 Å². The molecular weight excluding hydrogens is 568 g/mol. The first kappa shape index (κ1) is 30.1. The molecule has 2 amide bonds. The summed E-state index contributed by atoms with van der Waals surface area (Å²) in [5, 5.41) is 9.41. The van der Waals surface area contributed by atoms with Crippen LogP contribution in [0.25, 0.3) is 11.3 Å². The van der Waals surface area contributed by atoms with E-state index in [-0.39, 0.29) is 36.4 Å². The zero-order valence-electron chi connectivity index (χ0n) is 25.0. The predicted molar refractivity (Wildman–Crippen MR) is 164 cm³/mol. The number of likely N-dealkylation sites (N-methyl/N-ethyl adjacent to an activating group) is 1. The van der Waals surface area contributed by atoms with E-state index < -0.39 is 11.6 Å². The fourth-order valence-corrected chi connectivity index (χ4v) is 7.84. The summed E-state index contributed by atoms with van der Waals surface area (Å²) in [7, 11) is 3.56. The number of benzene rings is 1. The molecule has 0 bridgehead atoms. The molecule has 4 fully saturated rings. The molecule has 11 nitrogen and oxygen atoms in total. The van der Waals surface area contributed by atoms with Gasteiger partial charge in [0.25, 0.3) is 5.91 Å². The highest BCUT2D eigenvalue weighted by atomic mass is 32.1. The Morgan fingerprint density at radius 2 is 1.86 bits per heavy atom. The van der Waals surface area contributed by atoms with Gasteiger partial charge in [-0.1, -0.05) is 31.4 Å². The lowest BCUT2D eigenvalue weighted by atomic mass is 9.80. The maximum absolute atomic E-state index is 14.1. The van der Waals surface area contributed by atoms with E-state index in [1.807, 2.05) is 19.2 Å². The first-order chi connectivity index (χ1) is 20.9. The van der Waals surface area contributed by atoms with Crippen LogP contribution in [0.4, 0.5) is 5.13 Å². The molecule has 4 aliphatic rings. The van der Waals surface area contributed by atoms with Gasteiger partial charge in [-0.3, -0.25) is 19.3 Å². The molecule has 4 heterocycles. The minimum absolute atomic E-state index is 0.0228. The summed E-state index contributed by atoms with van der Waals surface area (Å²) < 4.78 is 10.9. The summed E-state index contributed by atoms with van der Waals surface area (Å²) in [5.74, 6) is -0.515. The number of rotatable bonds is 9. The number of carbonyl (C=O) groups excluding carboxylic acids is 3. The van der Waals surface area contributed by atoms with Crippen LogP contribution < -0.4 is 15.5 Å². The number of thiazole rings is 1. The van der Waals surface area contributed by atoms with Crippen LogP contribution in [0.3, 0.4) is 0 Å². The molecule has 6 rings (SSSR count). The minimum Gasteiger partial charge on any atom is -0.383 e. The van der Waals surface area contributed by atoms with Gasteiger partial charge in [-0.15, -0.1) is 11.3 Å². The van der Waals surface area contributed by atoms with Crippen molar-refractivity contribution in [3.05, 3.63) is 35.2 Å². The van der Waals surface area contributed by atoms with Gasteiger partial charge in [-0.25, -0.2) is 4.98 Å². The second-order valence-electron chi connectivity index (χ2n) is 12.1. The zero-order valence-corrected chi connectivity index (χ0v) is 25.9. The Morgan fingerprint density at radius 3 is 2.56 bits per heavy atom. The molecule has 3 aliphatic heterocycles. The number of amides is 2. The number of carbonyl (C=O) groups is 3. The number of Topliss-reactive ketones (excluding diaryl/α,β-unsaturated/α-hetero) is 1. The van der Waals surface area contributed by atoms with Gasteiger partial charge in [0.1, 0.15) is 24.3 Å². The Bertz CT molecular complexity index is 1300. The number of piperazine rings is 1. The van der Waals surface area contributed by atoms with Gasteiger partial charge in [0.2, 0.25) is 5.91 Å². The number of fused-ring (bicyclic) bond motifs is 1. The Balaban J connectivity index is 1.12. The first-order valence-electron chi connectivity index (χ1n) is 15.4. The minimum atomic E-state index is -1.03. The van der Waals surface area contributed by atoms with E-state index in [0.717, 1.165) is 75.0 Å². The van der Waals surface area contributed by atoms with Gasteiger partial charge in [-0.2, -0.15) is 0 Å². The van der Waals surface area contributed by atoms with Gasteiger partial charge in [0, 0.05) is 62.9 Å². The summed E-state index contributed by atoms with van der Waals surface area (Å²) in [5.41, 5.74) is 1.30. The van der Waals surface area contributed by atoms with Crippen molar-refractivity contribution in [2.24, 2.45) is 0 Å². The molecule has 1 aromatic heterocycles. The molecule has 12 heteroatoms. The number of likely N-dealkylation sites (tertiary alicyclic amines) is 1. The van der Waals surface area contributed by atoms with Crippen molar-refractivity contribution in [1.29, 1.82) is 0 Å². The lowest BCUT2D eigenvalue weighted by Crippen LogP contribution is -2.62. The van der Waals surface area contributed by atoms with Crippen LogP contribution in [0.15, 0.2) is 29.6 Å². The number of nitrogens with zero attached hydrogens (tertiary/aromatic N) is 4. The molecule has 43 heavy (non-hydrogen) atoms. The van der Waals surface area contributed by atoms with Crippen molar-refractivity contribution in [2.45, 2.75) is 55.8 Å². The van der Waals surface area contributed by atoms with Crippen LogP contribution in [-0.4, -0.2) is 123 Å². The SMILES string of the molecule is CN[C@H]1CN(C(=O)C2(NC(=O)c3ccc(-c4csc(N5CCN(CCOC)CC5)n4)cc3)CCCCC2)[C@@H]2C(=O)CO[C@@H]12. The predicted octanol–water partition coefficient (Wildman–Crippen LogP) is 1.78. The van der Waals surface area contributed by atoms with Crippen molar-refractivity contribution in [3.8, 4) is 11.3 Å². The lowest BCUT2D eigenvalue weighted by Gasteiger charge is -2.40. The summed E-state index contributed by atoms with van der Waals surface area (Å²) >= 11 is 1.64. The lowest BCUT2D eigenvalue weighted by molar-refractivity contribution is -0.143. The monoisotopic (exact) mass is 610 g/mol. The molecule has 1 saturated carbocycles. The second kappa shape index (κ2) is 13.0. The topological polar surface area (TPSA) is 116 Å². The number of methoxy groups -OCH3 is 1. The quantitative estimate of drug-likeness (QED) is 0.438. The summed E-state index contributed by atoms with van der Waals surface area (Å²) in [6, 6.07) is 6.74. The molecule has 0 unspecified atom stereocenters. The second-order valence-corrected chi connectivity index (χ2v) is 12.9. The number of aromatic nitrogens is 1. The van der Waals surface area contributed by atoms with E-state index in [4.69, 9.17) is 14.5 Å². The smallest absolute Gasteiger partial charge is 0.252 e.